The summed E-state index contributed by atoms with van der Waals surface area (Å²) in [7, 11) is 0. The number of carbonyl (C=O) groups excluding carboxylic acids is 1. The predicted octanol–water partition coefficient (Wildman–Crippen LogP) is 5.16. The Labute approximate surface area is 150 Å². The fourth-order valence-corrected chi connectivity index (χ4v) is 4.23. The Bertz CT molecular complexity index is 1070. The zero-order chi connectivity index (χ0) is 16.7. The normalized spacial score (nSPS) is 11.2. The summed E-state index contributed by atoms with van der Waals surface area (Å²) in [4.78, 5) is 17.8. The van der Waals surface area contributed by atoms with Gasteiger partial charge >= 0.3 is 5.97 Å². The van der Waals surface area contributed by atoms with Gasteiger partial charge in [0.1, 0.15) is 10.7 Å². The van der Waals surface area contributed by atoms with E-state index in [2.05, 4.69) is 20.9 Å². The molecular formula is C18H13BrN2O2S. The predicted molar refractivity (Wildman–Crippen MR) is 99.7 cm³/mol. The van der Waals surface area contributed by atoms with E-state index in [1.54, 1.807) is 18.3 Å². The van der Waals surface area contributed by atoms with Crippen molar-refractivity contribution in [1.82, 2.24) is 9.38 Å². The summed E-state index contributed by atoms with van der Waals surface area (Å²) in [5, 5.41) is 0. The van der Waals surface area contributed by atoms with E-state index in [1.807, 2.05) is 52.9 Å². The second-order valence-electron chi connectivity index (χ2n) is 5.23. The minimum absolute atomic E-state index is 0.328. The van der Waals surface area contributed by atoms with Crippen LogP contribution in [0.15, 0.2) is 53.0 Å². The number of esters is 1. The average Bonchev–Trinajstić information content (AvgIpc) is 3.12. The summed E-state index contributed by atoms with van der Waals surface area (Å²) in [5.41, 5.74) is 2.35. The smallest absolute Gasteiger partial charge is 0.360 e. The summed E-state index contributed by atoms with van der Waals surface area (Å²) < 4.78 is 9.30. The summed E-state index contributed by atoms with van der Waals surface area (Å²) >= 11 is 5.05. The molecule has 0 bridgehead atoms. The van der Waals surface area contributed by atoms with Crippen molar-refractivity contribution in [2.75, 3.05) is 6.61 Å². The van der Waals surface area contributed by atoms with E-state index in [9.17, 15) is 4.79 Å². The fourth-order valence-electron chi connectivity index (χ4n) is 2.71. The van der Waals surface area contributed by atoms with Gasteiger partial charge in [0.2, 0.25) is 0 Å². The third-order valence-electron chi connectivity index (χ3n) is 3.70. The Morgan fingerprint density at radius 1 is 1.25 bits per heavy atom. The third-order valence-corrected chi connectivity index (χ3v) is 5.33. The molecular weight excluding hydrogens is 388 g/mol. The van der Waals surface area contributed by atoms with Gasteiger partial charge in [-0.15, -0.1) is 11.3 Å². The SMILES string of the molecule is CCOC(=O)c1nc(-c2cccc(Br)c2)n2c1sc1ccccc12. The van der Waals surface area contributed by atoms with Crippen molar-refractivity contribution >= 4 is 48.3 Å². The molecule has 0 atom stereocenters. The summed E-state index contributed by atoms with van der Waals surface area (Å²) in [6, 6.07) is 16.0. The van der Waals surface area contributed by atoms with E-state index in [0.29, 0.717) is 12.3 Å². The first kappa shape index (κ1) is 15.4. The Morgan fingerprint density at radius 3 is 2.88 bits per heavy atom. The quantitative estimate of drug-likeness (QED) is 0.446. The van der Waals surface area contributed by atoms with Crippen LogP contribution in [0.2, 0.25) is 0 Å². The number of rotatable bonds is 3. The number of para-hydroxylation sites is 1. The molecule has 4 nitrogen and oxygen atoms in total. The van der Waals surface area contributed by atoms with Crippen LogP contribution >= 0.6 is 27.3 Å². The molecule has 6 heteroatoms. The zero-order valence-electron chi connectivity index (χ0n) is 12.8. The molecule has 2 heterocycles. The highest BCUT2D eigenvalue weighted by Crippen LogP contribution is 2.34. The van der Waals surface area contributed by atoms with Crippen LogP contribution in [0, 0.1) is 0 Å². The van der Waals surface area contributed by atoms with E-state index < -0.39 is 0 Å². The largest absolute Gasteiger partial charge is 0.461 e. The Balaban J connectivity index is 2.07. The number of benzene rings is 2. The number of aromatic nitrogens is 2. The Morgan fingerprint density at radius 2 is 2.08 bits per heavy atom. The molecule has 4 rings (SSSR count). The van der Waals surface area contributed by atoms with Gasteiger partial charge < -0.3 is 4.74 Å². The van der Waals surface area contributed by atoms with E-state index >= 15 is 0 Å². The molecule has 4 aromatic rings. The van der Waals surface area contributed by atoms with Gasteiger partial charge in [-0.05, 0) is 31.2 Å². The summed E-state index contributed by atoms with van der Waals surface area (Å²) in [6.07, 6.45) is 0. The maximum atomic E-state index is 12.3. The van der Waals surface area contributed by atoms with E-state index in [0.717, 1.165) is 30.9 Å². The minimum Gasteiger partial charge on any atom is -0.461 e. The topological polar surface area (TPSA) is 43.6 Å². The van der Waals surface area contributed by atoms with Crippen molar-refractivity contribution in [2.24, 2.45) is 0 Å². The van der Waals surface area contributed by atoms with Gasteiger partial charge in [0.05, 0.1) is 16.8 Å². The first-order valence-corrected chi connectivity index (χ1v) is 9.13. The molecule has 0 aliphatic carbocycles. The van der Waals surface area contributed by atoms with Gasteiger partial charge in [0.25, 0.3) is 0 Å². The first-order chi connectivity index (χ1) is 11.7. The third kappa shape index (κ3) is 2.42. The molecule has 120 valence electrons. The van der Waals surface area contributed by atoms with Crippen LogP contribution in [0.1, 0.15) is 17.4 Å². The van der Waals surface area contributed by atoms with Crippen molar-refractivity contribution in [1.29, 1.82) is 0 Å². The van der Waals surface area contributed by atoms with E-state index in [1.165, 1.54) is 0 Å². The summed E-state index contributed by atoms with van der Waals surface area (Å²) in [5.74, 6) is 0.356. The van der Waals surface area contributed by atoms with Gasteiger partial charge in [-0.1, -0.05) is 40.2 Å². The maximum Gasteiger partial charge on any atom is 0.360 e. The molecule has 2 aromatic carbocycles. The van der Waals surface area contributed by atoms with E-state index in [-0.39, 0.29) is 5.97 Å². The molecule has 0 spiro atoms. The number of hydrogen-bond donors (Lipinski definition) is 0. The number of thiazole rings is 1. The van der Waals surface area contributed by atoms with Crippen molar-refractivity contribution < 1.29 is 9.53 Å². The second-order valence-corrected chi connectivity index (χ2v) is 7.17. The highest BCUT2D eigenvalue weighted by molar-refractivity contribution is 9.10. The molecule has 0 amide bonds. The standard InChI is InChI=1S/C18H13BrN2O2S/c1-2-23-18(22)15-17-21(13-8-3-4-9-14(13)24-17)16(20-15)11-6-5-7-12(19)10-11/h3-10H,2H2,1H3. The lowest BCUT2D eigenvalue weighted by Crippen LogP contribution is -2.05. The van der Waals surface area contributed by atoms with E-state index in [4.69, 9.17) is 4.74 Å². The van der Waals surface area contributed by atoms with Crippen LogP contribution in [0.4, 0.5) is 0 Å². The number of ether oxygens (including phenoxy) is 1. The van der Waals surface area contributed by atoms with Gasteiger partial charge in [0, 0.05) is 10.0 Å². The molecule has 2 aromatic heterocycles. The van der Waals surface area contributed by atoms with Crippen molar-refractivity contribution in [3.8, 4) is 11.4 Å². The zero-order valence-corrected chi connectivity index (χ0v) is 15.2. The Hall–Kier alpha value is -2.18. The van der Waals surface area contributed by atoms with Crippen LogP contribution in [-0.2, 0) is 4.74 Å². The Kier molecular flexibility index (Phi) is 3.86. The maximum absolute atomic E-state index is 12.3. The number of hydrogen-bond acceptors (Lipinski definition) is 4. The monoisotopic (exact) mass is 400 g/mol. The lowest BCUT2D eigenvalue weighted by atomic mass is 10.2. The number of halogens is 1. The van der Waals surface area contributed by atoms with Gasteiger partial charge in [0.15, 0.2) is 5.69 Å². The molecule has 24 heavy (non-hydrogen) atoms. The first-order valence-electron chi connectivity index (χ1n) is 7.52. The lowest BCUT2D eigenvalue weighted by molar-refractivity contribution is 0.0523. The second kappa shape index (κ2) is 6.03. The van der Waals surface area contributed by atoms with Crippen LogP contribution in [0.5, 0.6) is 0 Å². The number of fused-ring (bicyclic) bond motifs is 3. The van der Waals surface area contributed by atoms with Crippen LogP contribution in [0.3, 0.4) is 0 Å². The molecule has 0 aliphatic rings. The van der Waals surface area contributed by atoms with Gasteiger partial charge in [-0.3, -0.25) is 4.40 Å². The van der Waals surface area contributed by atoms with Crippen molar-refractivity contribution in [3.63, 3.8) is 0 Å². The molecule has 0 fully saturated rings. The van der Waals surface area contributed by atoms with Crippen LogP contribution in [-0.4, -0.2) is 22.0 Å². The molecule has 0 saturated heterocycles. The van der Waals surface area contributed by atoms with Crippen LogP contribution < -0.4 is 0 Å². The minimum atomic E-state index is -0.386. The molecule has 0 N–H and O–H groups in total. The summed E-state index contributed by atoms with van der Waals surface area (Å²) in [6.45, 7) is 2.13. The molecule has 0 radical (unpaired) electrons. The highest BCUT2D eigenvalue weighted by Gasteiger charge is 2.23. The van der Waals surface area contributed by atoms with Gasteiger partial charge in [-0.2, -0.15) is 0 Å². The fraction of sp³-hybridized carbons (Fsp3) is 0.111. The number of imidazole rings is 1. The molecule has 0 unspecified atom stereocenters. The van der Waals surface area contributed by atoms with Crippen molar-refractivity contribution in [3.05, 3.63) is 58.7 Å². The van der Waals surface area contributed by atoms with Crippen LogP contribution in [0.25, 0.3) is 26.4 Å². The molecule has 0 saturated carbocycles. The van der Waals surface area contributed by atoms with Crippen molar-refractivity contribution in [2.45, 2.75) is 6.92 Å². The number of carbonyl (C=O) groups is 1. The highest BCUT2D eigenvalue weighted by atomic mass is 79.9. The number of nitrogens with zero attached hydrogens (tertiary/aromatic N) is 2. The van der Waals surface area contributed by atoms with Gasteiger partial charge in [-0.25, -0.2) is 9.78 Å². The average molecular weight is 401 g/mol. The molecule has 0 aliphatic heterocycles. The lowest BCUT2D eigenvalue weighted by Gasteiger charge is -2.01.